The van der Waals surface area contributed by atoms with Gasteiger partial charge in [-0.2, -0.15) is 0 Å². The van der Waals surface area contributed by atoms with Crippen LogP contribution in [0.4, 0.5) is 10.5 Å². The quantitative estimate of drug-likeness (QED) is 0.861. The molecule has 4 rings (SSSR count). The first-order valence-corrected chi connectivity index (χ1v) is 9.16. The third-order valence-corrected chi connectivity index (χ3v) is 5.40. The van der Waals surface area contributed by atoms with Crippen LogP contribution in [0, 0.1) is 0 Å². The zero-order valence-corrected chi connectivity index (χ0v) is 15.1. The molecule has 2 N–H and O–H groups in total. The van der Waals surface area contributed by atoms with Crippen molar-refractivity contribution in [2.45, 2.75) is 51.0 Å². The highest BCUT2D eigenvalue weighted by Gasteiger charge is 2.43. The zero-order chi connectivity index (χ0) is 19.0. The van der Waals surface area contributed by atoms with E-state index in [1.165, 1.54) is 30.4 Å². The van der Waals surface area contributed by atoms with Crippen LogP contribution in [0.2, 0.25) is 0 Å². The number of nitrogens with one attached hydrogen (secondary N) is 1. The number of ether oxygens (including phenoxy) is 1. The van der Waals surface area contributed by atoms with Crippen molar-refractivity contribution in [2.24, 2.45) is 0 Å². The molecule has 1 unspecified atom stereocenters. The molecule has 0 spiro atoms. The molecule has 0 bridgehead atoms. The maximum atomic E-state index is 12.7. The van der Waals surface area contributed by atoms with Gasteiger partial charge in [-0.3, -0.25) is 5.32 Å². The largest absolute Gasteiger partial charge is 0.478 e. The Bertz CT molecular complexity index is 881. The van der Waals surface area contributed by atoms with Crippen LogP contribution in [0.1, 0.15) is 47.8 Å². The molecule has 2 aliphatic rings. The fourth-order valence-electron chi connectivity index (χ4n) is 4.01. The third kappa shape index (κ3) is 3.03. The van der Waals surface area contributed by atoms with E-state index in [1.807, 2.05) is 0 Å². The van der Waals surface area contributed by atoms with Crippen LogP contribution in [-0.4, -0.2) is 27.1 Å². The Morgan fingerprint density at radius 1 is 1.07 bits per heavy atom. The maximum Gasteiger partial charge on any atom is 0.413 e. The summed E-state index contributed by atoms with van der Waals surface area (Å²) in [5.74, 6) is -1.40. The second-order valence-electron chi connectivity index (χ2n) is 7.16. The molecule has 140 valence electrons. The molecule has 2 aliphatic carbocycles. The normalized spacial score (nSPS) is 16.9. The van der Waals surface area contributed by atoms with E-state index in [0.29, 0.717) is 0 Å². The van der Waals surface area contributed by atoms with Gasteiger partial charge in [0, 0.05) is 12.4 Å². The molecule has 0 aliphatic heterocycles. The van der Waals surface area contributed by atoms with E-state index in [9.17, 15) is 14.7 Å². The van der Waals surface area contributed by atoms with E-state index < -0.39 is 17.7 Å². The summed E-state index contributed by atoms with van der Waals surface area (Å²) >= 11 is 0. The lowest BCUT2D eigenvalue weighted by Crippen LogP contribution is -2.40. The monoisotopic (exact) mass is 367 g/mol. The second-order valence-corrected chi connectivity index (χ2v) is 7.16. The first-order chi connectivity index (χ1) is 13.0. The van der Waals surface area contributed by atoms with Gasteiger partial charge in [0.15, 0.2) is 5.82 Å². The van der Waals surface area contributed by atoms with Gasteiger partial charge < -0.3 is 9.84 Å². The first-order valence-electron chi connectivity index (χ1n) is 9.16. The van der Waals surface area contributed by atoms with E-state index in [4.69, 9.17) is 4.74 Å². The Morgan fingerprint density at radius 2 is 1.67 bits per heavy atom. The summed E-state index contributed by atoms with van der Waals surface area (Å²) < 4.78 is 5.33. The van der Waals surface area contributed by atoms with Gasteiger partial charge in [0.05, 0.1) is 5.69 Å². The van der Waals surface area contributed by atoms with Crippen LogP contribution in [0.3, 0.4) is 0 Å². The van der Waals surface area contributed by atoms with Crippen molar-refractivity contribution < 1.29 is 19.4 Å². The summed E-state index contributed by atoms with van der Waals surface area (Å²) in [7, 11) is 0. The van der Waals surface area contributed by atoms with E-state index in [-0.39, 0.29) is 5.82 Å². The van der Waals surface area contributed by atoms with Gasteiger partial charge in [-0.05, 0) is 73.8 Å². The van der Waals surface area contributed by atoms with Crippen LogP contribution < -0.4 is 5.32 Å². The summed E-state index contributed by atoms with van der Waals surface area (Å²) in [5, 5.41) is 12.5. The number of fused-ring (bicyclic) bond motifs is 2. The number of benzene rings is 1. The molecule has 7 nitrogen and oxygen atoms in total. The molecule has 1 aromatic heterocycles. The number of nitrogens with zero attached hydrogens (tertiary/aromatic N) is 2. The van der Waals surface area contributed by atoms with Crippen molar-refractivity contribution >= 4 is 17.7 Å². The summed E-state index contributed by atoms with van der Waals surface area (Å²) in [6, 6.07) is 3.84. The standard InChI is InChI=1S/C20H21N3O4/c1-20(18(24)25,17-21-9-4-10-22-17)27-19(26)23-16-14-7-2-5-12(14)11-13-6-3-8-15(13)16/h4,9-11H,2-3,5-8H2,1H3,(H,23,26)(H,24,25). The van der Waals surface area contributed by atoms with Crippen molar-refractivity contribution in [1.82, 2.24) is 9.97 Å². The molecule has 1 aromatic carbocycles. The number of carbonyl (C=O) groups is 2. The number of hydrogen-bond acceptors (Lipinski definition) is 5. The number of carbonyl (C=O) groups excluding carboxylic acids is 1. The minimum absolute atomic E-state index is 0.0730. The Morgan fingerprint density at radius 3 is 2.22 bits per heavy atom. The zero-order valence-electron chi connectivity index (χ0n) is 15.1. The van der Waals surface area contributed by atoms with Crippen LogP contribution in [0.15, 0.2) is 24.5 Å². The molecule has 1 heterocycles. The molecule has 27 heavy (non-hydrogen) atoms. The lowest BCUT2D eigenvalue weighted by molar-refractivity contribution is -0.158. The second kappa shape index (κ2) is 6.64. The third-order valence-electron chi connectivity index (χ3n) is 5.40. The van der Waals surface area contributed by atoms with Crippen molar-refractivity contribution in [3.8, 4) is 0 Å². The highest BCUT2D eigenvalue weighted by Crippen LogP contribution is 2.39. The molecule has 0 radical (unpaired) electrons. The molecular weight excluding hydrogens is 346 g/mol. The number of hydrogen-bond donors (Lipinski definition) is 2. The van der Waals surface area contributed by atoms with Gasteiger partial charge in [-0.25, -0.2) is 19.6 Å². The van der Waals surface area contributed by atoms with Crippen molar-refractivity contribution in [1.29, 1.82) is 0 Å². The minimum atomic E-state index is -1.97. The molecule has 2 aromatic rings. The Hall–Kier alpha value is -2.96. The number of amides is 1. The Labute approximate surface area is 156 Å². The molecule has 1 atom stereocenters. The number of aromatic nitrogens is 2. The van der Waals surface area contributed by atoms with E-state index in [0.717, 1.165) is 55.3 Å². The van der Waals surface area contributed by atoms with Crippen molar-refractivity contribution in [3.05, 3.63) is 52.6 Å². The fourth-order valence-corrected chi connectivity index (χ4v) is 4.01. The molecule has 0 saturated heterocycles. The molecule has 0 saturated carbocycles. The average Bonchev–Trinajstić information content (AvgIpc) is 3.31. The van der Waals surface area contributed by atoms with Gasteiger partial charge in [-0.15, -0.1) is 0 Å². The van der Waals surface area contributed by atoms with Crippen LogP contribution >= 0.6 is 0 Å². The molecule has 1 amide bonds. The average molecular weight is 367 g/mol. The van der Waals surface area contributed by atoms with E-state index >= 15 is 0 Å². The first kappa shape index (κ1) is 17.5. The number of aliphatic carboxylic acids is 1. The van der Waals surface area contributed by atoms with Crippen LogP contribution in [0.25, 0.3) is 0 Å². The number of rotatable bonds is 4. The highest BCUT2D eigenvalue weighted by atomic mass is 16.6. The van der Waals surface area contributed by atoms with Gasteiger partial charge in [0.1, 0.15) is 0 Å². The SMILES string of the molecule is CC(OC(=O)Nc1c2c(cc3c1CCC3)CCC2)(C(=O)O)c1ncccn1. The smallest absolute Gasteiger partial charge is 0.413 e. The maximum absolute atomic E-state index is 12.7. The predicted octanol–water partition coefficient (Wildman–Crippen LogP) is 3.00. The van der Waals surface area contributed by atoms with Gasteiger partial charge in [0.2, 0.25) is 0 Å². The van der Waals surface area contributed by atoms with Gasteiger partial charge >= 0.3 is 12.1 Å². The Balaban J connectivity index is 1.63. The van der Waals surface area contributed by atoms with Gasteiger partial charge in [-0.1, -0.05) is 6.07 Å². The molecule has 7 heteroatoms. The fraction of sp³-hybridized carbons (Fsp3) is 0.400. The van der Waals surface area contributed by atoms with Crippen LogP contribution in [0.5, 0.6) is 0 Å². The van der Waals surface area contributed by atoms with Crippen molar-refractivity contribution in [3.63, 3.8) is 0 Å². The number of carboxylic acids is 1. The topological polar surface area (TPSA) is 101 Å². The summed E-state index contributed by atoms with van der Waals surface area (Å²) in [6.07, 6.45) is 8.00. The molecular formula is C20H21N3O4. The highest BCUT2D eigenvalue weighted by molar-refractivity contribution is 5.91. The lowest BCUT2D eigenvalue weighted by atomic mass is 9.99. The van der Waals surface area contributed by atoms with E-state index in [2.05, 4.69) is 21.4 Å². The number of anilines is 1. The van der Waals surface area contributed by atoms with E-state index in [1.54, 1.807) is 6.07 Å². The summed E-state index contributed by atoms with van der Waals surface area (Å²) in [6.45, 7) is 1.28. The van der Waals surface area contributed by atoms with Crippen LogP contribution in [-0.2, 0) is 40.8 Å². The van der Waals surface area contributed by atoms with Gasteiger partial charge in [0.25, 0.3) is 5.60 Å². The summed E-state index contributed by atoms with van der Waals surface area (Å²) in [5.41, 5.74) is 3.70. The Kier molecular flexibility index (Phi) is 4.30. The minimum Gasteiger partial charge on any atom is -0.478 e. The lowest BCUT2D eigenvalue weighted by Gasteiger charge is -2.24. The number of carboxylic acid groups (broad SMARTS) is 1. The molecule has 0 fully saturated rings. The van der Waals surface area contributed by atoms with Crippen molar-refractivity contribution in [2.75, 3.05) is 5.32 Å². The number of aryl methyl sites for hydroxylation is 2. The summed E-state index contributed by atoms with van der Waals surface area (Å²) in [4.78, 5) is 32.4. The predicted molar refractivity (Wildman–Crippen MR) is 97.6 cm³/mol.